The number of anilines is 2. The standard InChI is InChI=1S/C22H27FN4/c1-3-5-13-24-21-19-15-17(16-7-10-18(23)11-8-16)9-12-20(19)26-22(27-21)25-14-6-4-2/h7-12,15H,3-6,13-14H2,1-2H3,(H2,24,25,26,27). The van der Waals surface area contributed by atoms with E-state index in [0.717, 1.165) is 66.6 Å². The zero-order chi connectivity index (χ0) is 19.1. The molecule has 2 N–H and O–H groups in total. The third kappa shape index (κ3) is 4.94. The third-order valence-corrected chi connectivity index (χ3v) is 4.51. The second-order valence-corrected chi connectivity index (χ2v) is 6.70. The Balaban J connectivity index is 1.97. The van der Waals surface area contributed by atoms with E-state index in [1.807, 2.05) is 12.1 Å². The van der Waals surface area contributed by atoms with Crippen molar-refractivity contribution >= 4 is 22.7 Å². The van der Waals surface area contributed by atoms with Crippen molar-refractivity contribution in [3.05, 3.63) is 48.3 Å². The van der Waals surface area contributed by atoms with Crippen LogP contribution < -0.4 is 10.6 Å². The average Bonchev–Trinajstić information content (AvgIpc) is 2.69. The van der Waals surface area contributed by atoms with Crippen LogP contribution in [-0.2, 0) is 0 Å². The molecular weight excluding hydrogens is 339 g/mol. The second-order valence-electron chi connectivity index (χ2n) is 6.70. The molecule has 0 aliphatic carbocycles. The largest absolute Gasteiger partial charge is 0.369 e. The van der Waals surface area contributed by atoms with Gasteiger partial charge in [-0.05, 0) is 48.2 Å². The molecule has 3 aromatic rings. The monoisotopic (exact) mass is 366 g/mol. The molecule has 1 aromatic heterocycles. The van der Waals surface area contributed by atoms with Gasteiger partial charge in [-0.15, -0.1) is 0 Å². The fourth-order valence-corrected chi connectivity index (χ4v) is 2.92. The summed E-state index contributed by atoms with van der Waals surface area (Å²) in [7, 11) is 0. The quantitative estimate of drug-likeness (QED) is 0.466. The van der Waals surface area contributed by atoms with Crippen molar-refractivity contribution in [1.82, 2.24) is 9.97 Å². The number of hydrogen-bond donors (Lipinski definition) is 2. The Kier molecular flexibility index (Phi) is 6.58. The highest BCUT2D eigenvalue weighted by Gasteiger charge is 2.09. The summed E-state index contributed by atoms with van der Waals surface area (Å²) in [6.45, 7) is 6.07. The Labute approximate surface area is 160 Å². The predicted molar refractivity (Wildman–Crippen MR) is 112 cm³/mol. The van der Waals surface area contributed by atoms with E-state index in [1.165, 1.54) is 12.1 Å². The van der Waals surface area contributed by atoms with Crippen molar-refractivity contribution < 1.29 is 4.39 Å². The van der Waals surface area contributed by atoms with Gasteiger partial charge in [0.1, 0.15) is 11.6 Å². The van der Waals surface area contributed by atoms with Crippen LogP contribution in [0, 0.1) is 5.82 Å². The molecule has 27 heavy (non-hydrogen) atoms. The topological polar surface area (TPSA) is 49.8 Å². The first kappa shape index (κ1) is 19.1. The maximum Gasteiger partial charge on any atom is 0.225 e. The van der Waals surface area contributed by atoms with Crippen molar-refractivity contribution in [2.24, 2.45) is 0 Å². The van der Waals surface area contributed by atoms with E-state index in [4.69, 9.17) is 4.98 Å². The van der Waals surface area contributed by atoms with Crippen molar-refractivity contribution in [2.75, 3.05) is 23.7 Å². The maximum atomic E-state index is 13.2. The van der Waals surface area contributed by atoms with E-state index < -0.39 is 0 Å². The minimum atomic E-state index is -0.229. The van der Waals surface area contributed by atoms with Crippen LogP contribution in [0.5, 0.6) is 0 Å². The fourth-order valence-electron chi connectivity index (χ4n) is 2.92. The molecule has 0 bridgehead atoms. The van der Waals surface area contributed by atoms with Gasteiger partial charge in [0.05, 0.1) is 5.52 Å². The van der Waals surface area contributed by atoms with E-state index in [2.05, 4.69) is 35.5 Å². The van der Waals surface area contributed by atoms with Crippen LogP contribution in [0.1, 0.15) is 39.5 Å². The van der Waals surface area contributed by atoms with Crippen molar-refractivity contribution in [3.8, 4) is 11.1 Å². The molecule has 4 nitrogen and oxygen atoms in total. The molecule has 0 aliphatic heterocycles. The number of nitrogens with one attached hydrogen (secondary N) is 2. The third-order valence-electron chi connectivity index (χ3n) is 4.51. The van der Waals surface area contributed by atoms with Crippen LogP contribution in [0.2, 0.25) is 0 Å². The SMILES string of the molecule is CCCCNc1nc(NCCCC)c2cc(-c3ccc(F)cc3)ccc2n1. The molecule has 3 rings (SSSR count). The number of unbranched alkanes of at least 4 members (excludes halogenated alkanes) is 2. The molecule has 0 fully saturated rings. The first-order valence-corrected chi connectivity index (χ1v) is 9.76. The molecule has 0 amide bonds. The summed E-state index contributed by atoms with van der Waals surface area (Å²) in [5.41, 5.74) is 2.90. The van der Waals surface area contributed by atoms with Crippen LogP contribution in [0.3, 0.4) is 0 Å². The smallest absolute Gasteiger partial charge is 0.225 e. The summed E-state index contributed by atoms with van der Waals surface area (Å²) in [5, 5.41) is 7.75. The van der Waals surface area contributed by atoms with Gasteiger partial charge in [0.25, 0.3) is 0 Å². The first-order chi connectivity index (χ1) is 13.2. The molecule has 2 aromatic carbocycles. The van der Waals surface area contributed by atoms with Gasteiger partial charge in [-0.1, -0.05) is 44.9 Å². The van der Waals surface area contributed by atoms with Gasteiger partial charge in [-0.3, -0.25) is 0 Å². The van der Waals surface area contributed by atoms with E-state index in [1.54, 1.807) is 12.1 Å². The number of benzene rings is 2. The highest BCUT2D eigenvalue weighted by atomic mass is 19.1. The zero-order valence-electron chi connectivity index (χ0n) is 16.1. The molecule has 0 aliphatic rings. The average molecular weight is 366 g/mol. The Hall–Kier alpha value is -2.69. The molecule has 0 unspecified atom stereocenters. The van der Waals surface area contributed by atoms with E-state index >= 15 is 0 Å². The highest BCUT2D eigenvalue weighted by molar-refractivity contribution is 5.93. The van der Waals surface area contributed by atoms with Crippen LogP contribution in [-0.4, -0.2) is 23.1 Å². The number of rotatable bonds is 9. The Morgan fingerprint density at radius 2 is 1.48 bits per heavy atom. The molecule has 1 heterocycles. The van der Waals surface area contributed by atoms with Crippen molar-refractivity contribution in [2.45, 2.75) is 39.5 Å². The lowest BCUT2D eigenvalue weighted by molar-refractivity contribution is 0.628. The van der Waals surface area contributed by atoms with E-state index in [0.29, 0.717) is 5.95 Å². The van der Waals surface area contributed by atoms with Gasteiger partial charge in [-0.2, -0.15) is 4.98 Å². The van der Waals surface area contributed by atoms with Gasteiger partial charge >= 0.3 is 0 Å². The Morgan fingerprint density at radius 3 is 2.19 bits per heavy atom. The van der Waals surface area contributed by atoms with Gasteiger partial charge in [0.15, 0.2) is 0 Å². The van der Waals surface area contributed by atoms with E-state index in [9.17, 15) is 4.39 Å². The van der Waals surface area contributed by atoms with Crippen LogP contribution in [0.15, 0.2) is 42.5 Å². The lowest BCUT2D eigenvalue weighted by atomic mass is 10.0. The van der Waals surface area contributed by atoms with Gasteiger partial charge in [0, 0.05) is 18.5 Å². The Bertz CT molecular complexity index is 877. The van der Waals surface area contributed by atoms with Crippen LogP contribution in [0.25, 0.3) is 22.0 Å². The summed E-state index contributed by atoms with van der Waals surface area (Å²) in [4.78, 5) is 9.36. The van der Waals surface area contributed by atoms with Crippen LogP contribution in [0.4, 0.5) is 16.2 Å². The number of nitrogens with zero attached hydrogens (tertiary/aromatic N) is 2. The number of hydrogen-bond acceptors (Lipinski definition) is 4. The Morgan fingerprint density at radius 1 is 0.815 bits per heavy atom. The molecule has 0 saturated heterocycles. The summed E-state index contributed by atoms with van der Waals surface area (Å²) in [6.07, 6.45) is 4.42. The number of fused-ring (bicyclic) bond motifs is 1. The number of halogens is 1. The first-order valence-electron chi connectivity index (χ1n) is 9.76. The zero-order valence-corrected chi connectivity index (χ0v) is 16.1. The fraction of sp³-hybridized carbons (Fsp3) is 0.364. The summed E-state index contributed by atoms with van der Waals surface area (Å²) in [6, 6.07) is 12.7. The van der Waals surface area contributed by atoms with Crippen LogP contribution >= 0.6 is 0 Å². The second kappa shape index (κ2) is 9.31. The van der Waals surface area contributed by atoms with Crippen molar-refractivity contribution in [3.63, 3.8) is 0 Å². The molecular formula is C22H27FN4. The van der Waals surface area contributed by atoms with Gasteiger partial charge in [-0.25, -0.2) is 9.37 Å². The minimum absolute atomic E-state index is 0.229. The minimum Gasteiger partial charge on any atom is -0.369 e. The maximum absolute atomic E-state index is 13.2. The highest BCUT2D eigenvalue weighted by Crippen LogP contribution is 2.28. The molecule has 0 radical (unpaired) electrons. The lowest BCUT2D eigenvalue weighted by Crippen LogP contribution is -2.09. The number of aromatic nitrogens is 2. The summed E-state index contributed by atoms with van der Waals surface area (Å²) >= 11 is 0. The lowest BCUT2D eigenvalue weighted by Gasteiger charge is -2.13. The molecule has 5 heteroatoms. The molecule has 0 spiro atoms. The van der Waals surface area contributed by atoms with Gasteiger partial charge < -0.3 is 10.6 Å². The van der Waals surface area contributed by atoms with Gasteiger partial charge in [0.2, 0.25) is 5.95 Å². The molecule has 0 atom stereocenters. The summed E-state index contributed by atoms with van der Waals surface area (Å²) < 4.78 is 13.2. The molecule has 0 saturated carbocycles. The molecule has 142 valence electrons. The summed E-state index contributed by atoms with van der Waals surface area (Å²) in [5.74, 6) is 1.27. The predicted octanol–water partition coefficient (Wildman–Crippen LogP) is 5.86. The van der Waals surface area contributed by atoms with E-state index in [-0.39, 0.29) is 5.82 Å². The normalized spacial score (nSPS) is 10.9. The van der Waals surface area contributed by atoms with Crippen molar-refractivity contribution in [1.29, 1.82) is 0 Å².